The number of hydrogen-bond acceptors (Lipinski definition) is 3. The van der Waals surface area contributed by atoms with E-state index in [-0.39, 0.29) is 3.41 Å². The third kappa shape index (κ3) is 3.21. The van der Waals surface area contributed by atoms with Crippen molar-refractivity contribution in [1.29, 1.82) is 0 Å². The predicted octanol–water partition coefficient (Wildman–Crippen LogP) is 4.50. The Labute approximate surface area is 128 Å². The minimum absolute atomic E-state index is 0.0403. The van der Waals surface area contributed by atoms with Crippen LogP contribution in [0, 0.1) is 16.7 Å². The zero-order valence-corrected chi connectivity index (χ0v) is 14.8. The van der Waals surface area contributed by atoms with E-state index in [1.54, 1.807) is 0 Å². The van der Waals surface area contributed by atoms with Crippen LogP contribution >= 0.6 is 23.5 Å². The number of hydrogen-bond donors (Lipinski definition) is 0. The molecular weight excluding hydrogens is 292 g/mol. The second-order valence-corrected chi connectivity index (χ2v) is 13.0. The molecule has 0 aromatic carbocycles. The zero-order chi connectivity index (χ0) is 13.7. The van der Waals surface area contributed by atoms with E-state index in [2.05, 4.69) is 20.8 Å². The zero-order valence-electron chi connectivity index (χ0n) is 12.4. The van der Waals surface area contributed by atoms with Gasteiger partial charge in [0.1, 0.15) is 3.41 Å². The number of rotatable bonds is 4. The molecule has 1 aliphatic carbocycles. The van der Waals surface area contributed by atoms with Gasteiger partial charge in [0.05, 0.1) is 0 Å². The van der Waals surface area contributed by atoms with Crippen molar-refractivity contribution in [3.8, 4) is 0 Å². The van der Waals surface area contributed by atoms with Crippen molar-refractivity contribution in [2.45, 2.75) is 56.3 Å². The summed E-state index contributed by atoms with van der Waals surface area (Å²) in [5.41, 5.74) is 0.783. The highest BCUT2D eigenvalue weighted by Crippen LogP contribution is 2.61. The van der Waals surface area contributed by atoms with Gasteiger partial charge in [-0.1, -0.05) is 33.6 Å². The molecule has 0 aromatic heterocycles. The molecule has 3 heterocycles. The Morgan fingerprint density at radius 3 is 2.32 bits per heavy atom. The van der Waals surface area contributed by atoms with Gasteiger partial charge in [0, 0.05) is 33.5 Å². The van der Waals surface area contributed by atoms with Gasteiger partial charge in [-0.15, -0.1) is 23.5 Å². The van der Waals surface area contributed by atoms with Crippen LogP contribution in [0.25, 0.3) is 0 Å². The van der Waals surface area contributed by atoms with Gasteiger partial charge in [-0.25, -0.2) is 0 Å². The smallest absolute Gasteiger partial charge is 0.136 e. The van der Waals surface area contributed by atoms with Crippen molar-refractivity contribution in [3.63, 3.8) is 0 Å². The van der Waals surface area contributed by atoms with Crippen LogP contribution in [0.5, 0.6) is 0 Å². The van der Waals surface area contributed by atoms with Gasteiger partial charge in [0.25, 0.3) is 0 Å². The van der Waals surface area contributed by atoms with E-state index in [9.17, 15) is 4.21 Å². The molecule has 110 valence electrons. The Balaban J connectivity index is 1.66. The van der Waals surface area contributed by atoms with Gasteiger partial charge < -0.3 is 0 Å². The largest absolute Gasteiger partial charge is 0.257 e. The SMILES string of the molecule is CC(C)(C)CCC12SCC(CC3CC3)(CS1)CS2=O. The van der Waals surface area contributed by atoms with Crippen molar-refractivity contribution >= 4 is 34.3 Å². The van der Waals surface area contributed by atoms with Crippen LogP contribution in [0.2, 0.25) is 0 Å². The van der Waals surface area contributed by atoms with Gasteiger partial charge in [-0.2, -0.15) is 0 Å². The Bertz CT molecular complexity index is 373. The molecule has 4 heteroatoms. The summed E-state index contributed by atoms with van der Waals surface area (Å²) in [5.74, 6) is 4.50. The maximum absolute atomic E-state index is 12.8. The van der Waals surface area contributed by atoms with Crippen LogP contribution in [-0.4, -0.2) is 24.9 Å². The lowest BCUT2D eigenvalue weighted by Gasteiger charge is -2.52. The van der Waals surface area contributed by atoms with Crippen molar-refractivity contribution in [1.82, 2.24) is 0 Å². The minimum atomic E-state index is -0.624. The molecule has 3 saturated heterocycles. The average molecular weight is 319 g/mol. The molecule has 4 aliphatic rings. The summed E-state index contributed by atoms with van der Waals surface area (Å²) >= 11 is 4.08. The third-order valence-corrected chi connectivity index (χ3v) is 11.7. The Morgan fingerprint density at radius 2 is 1.84 bits per heavy atom. The number of thioether (sulfide) groups is 2. The van der Waals surface area contributed by atoms with Gasteiger partial charge in [0.2, 0.25) is 0 Å². The Kier molecular flexibility index (Phi) is 3.85. The van der Waals surface area contributed by atoms with E-state index >= 15 is 0 Å². The molecule has 4 fully saturated rings. The second kappa shape index (κ2) is 4.95. The quantitative estimate of drug-likeness (QED) is 0.760. The van der Waals surface area contributed by atoms with Gasteiger partial charge in [-0.3, -0.25) is 4.21 Å². The van der Waals surface area contributed by atoms with E-state index < -0.39 is 10.8 Å². The minimum Gasteiger partial charge on any atom is -0.257 e. The maximum Gasteiger partial charge on any atom is 0.136 e. The van der Waals surface area contributed by atoms with Crippen LogP contribution in [0.15, 0.2) is 0 Å². The van der Waals surface area contributed by atoms with E-state index in [0.29, 0.717) is 10.8 Å². The lowest BCUT2D eigenvalue weighted by Crippen LogP contribution is -2.52. The molecule has 0 spiro atoms. The summed E-state index contributed by atoms with van der Waals surface area (Å²) < 4.78 is 12.8. The summed E-state index contributed by atoms with van der Waals surface area (Å²) in [6.45, 7) is 6.89. The molecule has 0 radical (unpaired) electrons. The van der Waals surface area contributed by atoms with Crippen LogP contribution in [0.4, 0.5) is 0 Å². The first-order chi connectivity index (χ1) is 8.83. The molecule has 1 atom stereocenters. The van der Waals surface area contributed by atoms with Gasteiger partial charge >= 0.3 is 0 Å². The fourth-order valence-corrected chi connectivity index (χ4v) is 9.56. The first-order valence-electron chi connectivity index (χ1n) is 7.49. The maximum atomic E-state index is 12.8. The fourth-order valence-electron chi connectivity index (χ4n) is 3.11. The summed E-state index contributed by atoms with van der Waals surface area (Å²) in [6, 6.07) is 0. The van der Waals surface area contributed by atoms with Crippen molar-refractivity contribution in [3.05, 3.63) is 0 Å². The molecule has 2 bridgehead atoms. The first kappa shape index (κ1) is 14.8. The second-order valence-electron chi connectivity index (χ2n) is 7.96. The Morgan fingerprint density at radius 1 is 1.21 bits per heavy atom. The fraction of sp³-hybridized carbons (Fsp3) is 1.00. The lowest BCUT2D eigenvalue weighted by molar-refractivity contribution is 0.351. The molecule has 1 nitrogen and oxygen atoms in total. The molecule has 0 aromatic rings. The highest BCUT2D eigenvalue weighted by atomic mass is 32.3. The van der Waals surface area contributed by atoms with Gasteiger partial charge in [-0.05, 0) is 30.6 Å². The normalized spacial score (nSPS) is 42.6. The molecular formula is C15H26OS3. The van der Waals surface area contributed by atoms with E-state index in [1.165, 1.54) is 37.2 Å². The standard InChI is InChI=1S/C15H26OS3/c1-13(2,3)6-7-15-17-9-14(10-18-15,11-19(15)16)8-12-4-5-12/h12H,4-11H2,1-3H3. The van der Waals surface area contributed by atoms with Crippen LogP contribution < -0.4 is 0 Å². The van der Waals surface area contributed by atoms with Crippen LogP contribution in [0.1, 0.15) is 52.9 Å². The number of fused-ring (bicyclic) bond motifs is 3. The molecule has 0 N–H and O–H groups in total. The Hall–Kier alpha value is 0.850. The van der Waals surface area contributed by atoms with E-state index in [0.717, 1.165) is 18.1 Å². The van der Waals surface area contributed by atoms with Crippen molar-refractivity contribution in [2.75, 3.05) is 17.3 Å². The van der Waals surface area contributed by atoms with E-state index in [1.807, 2.05) is 23.5 Å². The van der Waals surface area contributed by atoms with Crippen molar-refractivity contribution in [2.24, 2.45) is 16.7 Å². The van der Waals surface area contributed by atoms with E-state index in [4.69, 9.17) is 0 Å². The molecule has 0 amide bonds. The third-order valence-electron chi connectivity index (χ3n) is 4.58. The molecule has 3 aliphatic heterocycles. The van der Waals surface area contributed by atoms with Crippen molar-refractivity contribution < 1.29 is 4.21 Å². The van der Waals surface area contributed by atoms with Crippen LogP contribution in [0.3, 0.4) is 0 Å². The summed E-state index contributed by atoms with van der Waals surface area (Å²) in [6.07, 6.45) is 6.53. The molecule has 1 unspecified atom stereocenters. The van der Waals surface area contributed by atoms with Gasteiger partial charge in [0.15, 0.2) is 0 Å². The average Bonchev–Trinajstić information content (AvgIpc) is 3.11. The first-order valence-corrected chi connectivity index (χ1v) is 10.8. The highest BCUT2D eigenvalue weighted by molar-refractivity contribution is 8.31. The highest BCUT2D eigenvalue weighted by Gasteiger charge is 2.55. The topological polar surface area (TPSA) is 17.1 Å². The lowest BCUT2D eigenvalue weighted by atomic mass is 9.88. The molecule has 1 saturated carbocycles. The molecule has 4 rings (SSSR count). The summed E-state index contributed by atoms with van der Waals surface area (Å²) in [7, 11) is -0.624. The predicted molar refractivity (Wildman–Crippen MR) is 89.1 cm³/mol. The monoisotopic (exact) mass is 318 g/mol. The summed E-state index contributed by atoms with van der Waals surface area (Å²) in [5, 5.41) is 0. The van der Waals surface area contributed by atoms with Crippen LogP contribution in [-0.2, 0) is 10.8 Å². The molecule has 19 heavy (non-hydrogen) atoms. The summed E-state index contributed by atoms with van der Waals surface area (Å²) in [4.78, 5) is 0.